The van der Waals surface area contributed by atoms with Crippen molar-refractivity contribution in [2.24, 2.45) is 0 Å². The number of aliphatic hydroxyl groups excluding tert-OH is 1. The molecular formula is C18H36N2O3. The first kappa shape index (κ1) is 19.1. The molecular weight excluding hydrogens is 292 g/mol. The predicted molar refractivity (Wildman–Crippen MR) is 92.6 cm³/mol. The predicted octanol–water partition coefficient (Wildman–Crippen LogP) is 1.47. The number of nitrogens with zero attached hydrogens (tertiary/aromatic N) is 2. The van der Waals surface area contributed by atoms with E-state index in [1.807, 2.05) is 13.8 Å². The number of hydrogen-bond acceptors (Lipinski definition) is 5. The SMILES string of the molecule is CC.CN1CCC(O)(CN2CCC(OC3CC(O)C3)CC2)CC1. The molecule has 0 radical (unpaired) electrons. The zero-order chi connectivity index (χ0) is 16.9. The average molecular weight is 328 g/mol. The number of β-amino-alcohol motifs (C(OH)–C–C–N with tert-alkyl or cyclic N) is 1. The molecule has 0 unspecified atom stereocenters. The van der Waals surface area contributed by atoms with Crippen molar-refractivity contribution in [3.05, 3.63) is 0 Å². The van der Waals surface area contributed by atoms with E-state index in [1.165, 1.54) is 0 Å². The maximum absolute atomic E-state index is 10.7. The van der Waals surface area contributed by atoms with Crippen LogP contribution in [-0.2, 0) is 4.74 Å². The third-order valence-electron chi connectivity index (χ3n) is 5.43. The van der Waals surface area contributed by atoms with E-state index in [-0.39, 0.29) is 12.2 Å². The first-order valence-corrected chi connectivity index (χ1v) is 9.49. The lowest BCUT2D eigenvalue weighted by molar-refractivity contribution is -0.121. The molecule has 1 aliphatic carbocycles. The summed E-state index contributed by atoms with van der Waals surface area (Å²) in [5.41, 5.74) is -0.488. The first-order valence-electron chi connectivity index (χ1n) is 9.49. The lowest BCUT2D eigenvalue weighted by Crippen LogP contribution is -2.52. The fraction of sp³-hybridized carbons (Fsp3) is 1.00. The smallest absolute Gasteiger partial charge is 0.0798 e. The number of aliphatic hydroxyl groups is 2. The molecule has 0 amide bonds. The Hall–Kier alpha value is -0.200. The van der Waals surface area contributed by atoms with Gasteiger partial charge in [-0.05, 0) is 45.6 Å². The Balaban J connectivity index is 0.000000924. The molecule has 0 bridgehead atoms. The van der Waals surface area contributed by atoms with Gasteiger partial charge in [-0.1, -0.05) is 13.8 Å². The summed E-state index contributed by atoms with van der Waals surface area (Å²) >= 11 is 0. The summed E-state index contributed by atoms with van der Waals surface area (Å²) in [6.45, 7) is 8.87. The van der Waals surface area contributed by atoms with Crippen molar-refractivity contribution in [1.29, 1.82) is 0 Å². The lowest BCUT2D eigenvalue weighted by atomic mass is 9.90. The highest BCUT2D eigenvalue weighted by Crippen LogP contribution is 2.28. The largest absolute Gasteiger partial charge is 0.393 e. The van der Waals surface area contributed by atoms with Gasteiger partial charge < -0.3 is 24.7 Å². The average Bonchev–Trinajstić information content (AvgIpc) is 2.53. The summed E-state index contributed by atoms with van der Waals surface area (Å²) in [7, 11) is 2.12. The van der Waals surface area contributed by atoms with Gasteiger partial charge in [0.2, 0.25) is 0 Å². The molecule has 2 saturated heterocycles. The lowest BCUT2D eigenvalue weighted by Gasteiger charge is -2.43. The van der Waals surface area contributed by atoms with E-state index in [0.717, 1.165) is 71.2 Å². The van der Waals surface area contributed by atoms with Gasteiger partial charge in [-0.25, -0.2) is 0 Å². The van der Waals surface area contributed by atoms with Crippen LogP contribution < -0.4 is 0 Å². The van der Waals surface area contributed by atoms with Crippen LogP contribution in [0.15, 0.2) is 0 Å². The van der Waals surface area contributed by atoms with E-state index in [9.17, 15) is 10.2 Å². The van der Waals surface area contributed by atoms with E-state index in [0.29, 0.717) is 6.10 Å². The van der Waals surface area contributed by atoms with Gasteiger partial charge in [0.1, 0.15) is 0 Å². The Morgan fingerprint density at radius 3 is 2.09 bits per heavy atom. The van der Waals surface area contributed by atoms with E-state index in [2.05, 4.69) is 16.8 Å². The number of rotatable bonds is 4. The van der Waals surface area contributed by atoms with Crippen molar-refractivity contribution in [3.8, 4) is 0 Å². The highest BCUT2D eigenvalue weighted by molar-refractivity contribution is 4.89. The van der Waals surface area contributed by atoms with E-state index < -0.39 is 5.60 Å². The van der Waals surface area contributed by atoms with E-state index in [4.69, 9.17) is 4.74 Å². The van der Waals surface area contributed by atoms with Crippen LogP contribution in [0.3, 0.4) is 0 Å². The van der Waals surface area contributed by atoms with Crippen LogP contribution in [0.4, 0.5) is 0 Å². The minimum Gasteiger partial charge on any atom is -0.393 e. The number of likely N-dealkylation sites (tertiary alicyclic amines) is 2. The maximum Gasteiger partial charge on any atom is 0.0798 e. The van der Waals surface area contributed by atoms with Crippen molar-refractivity contribution in [2.75, 3.05) is 39.8 Å². The minimum atomic E-state index is -0.488. The van der Waals surface area contributed by atoms with Gasteiger partial charge in [0.25, 0.3) is 0 Å². The summed E-state index contributed by atoms with van der Waals surface area (Å²) in [6.07, 6.45) is 6.03. The fourth-order valence-electron chi connectivity index (χ4n) is 3.73. The summed E-state index contributed by atoms with van der Waals surface area (Å²) < 4.78 is 6.02. The first-order chi connectivity index (χ1) is 11.0. The Kier molecular flexibility index (Phi) is 7.29. The van der Waals surface area contributed by atoms with Gasteiger partial charge in [0.05, 0.1) is 23.9 Å². The number of ether oxygens (including phenoxy) is 1. The van der Waals surface area contributed by atoms with E-state index >= 15 is 0 Å². The van der Waals surface area contributed by atoms with Gasteiger partial charge in [-0.3, -0.25) is 0 Å². The Labute approximate surface area is 141 Å². The number of hydrogen-bond donors (Lipinski definition) is 2. The molecule has 0 aromatic carbocycles. The van der Waals surface area contributed by atoms with Gasteiger partial charge in [-0.2, -0.15) is 0 Å². The molecule has 2 N–H and O–H groups in total. The van der Waals surface area contributed by atoms with E-state index in [1.54, 1.807) is 0 Å². The summed E-state index contributed by atoms with van der Waals surface area (Å²) in [5.74, 6) is 0. The van der Waals surface area contributed by atoms with Gasteiger partial charge >= 0.3 is 0 Å². The van der Waals surface area contributed by atoms with Crippen LogP contribution in [0, 0.1) is 0 Å². The number of piperidine rings is 2. The minimum absolute atomic E-state index is 0.131. The molecule has 2 aliphatic heterocycles. The van der Waals surface area contributed by atoms with Crippen LogP contribution in [0.25, 0.3) is 0 Å². The second-order valence-electron chi connectivity index (χ2n) is 7.39. The van der Waals surface area contributed by atoms with Crippen molar-refractivity contribution in [2.45, 2.75) is 76.3 Å². The molecule has 5 nitrogen and oxygen atoms in total. The molecule has 0 atom stereocenters. The standard InChI is InChI=1S/C16H30N2O3.C2H6/c1-17-8-4-16(20,5-9-17)12-18-6-2-14(3-7-18)21-15-10-13(19)11-15;1-2/h13-15,19-20H,2-12H2,1H3;1-2H3. The van der Waals surface area contributed by atoms with Gasteiger partial charge in [-0.15, -0.1) is 0 Å². The molecule has 0 aromatic heterocycles. The molecule has 3 fully saturated rings. The summed E-state index contributed by atoms with van der Waals surface area (Å²) in [5, 5.41) is 20.0. The quantitative estimate of drug-likeness (QED) is 0.818. The van der Waals surface area contributed by atoms with Crippen LogP contribution in [-0.4, -0.2) is 83.7 Å². The molecule has 5 heteroatoms. The molecule has 3 rings (SSSR count). The highest BCUT2D eigenvalue weighted by Gasteiger charge is 2.35. The van der Waals surface area contributed by atoms with Gasteiger partial charge in [0, 0.05) is 32.7 Å². The van der Waals surface area contributed by atoms with Crippen LogP contribution in [0.2, 0.25) is 0 Å². The zero-order valence-corrected chi connectivity index (χ0v) is 15.2. The van der Waals surface area contributed by atoms with Gasteiger partial charge in [0.15, 0.2) is 0 Å². The van der Waals surface area contributed by atoms with Crippen molar-refractivity contribution in [1.82, 2.24) is 9.80 Å². The summed E-state index contributed by atoms with van der Waals surface area (Å²) in [4.78, 5) is 4.70. The van der Waals surface area contributed by atoms with Crippen molar-refractivity contribution < 1.29 is 14.9 Å². The van der Waals surface area contributed by atoms with Crippen LogP contribution in [0.1, 0.15) is 52.4 Å². The fourth-order valence-corrected chi connectivity index (χ4v) is 3.73. The molecule has 23 heavy (non-hydrogen) atoms. The van der Waals surface area contributed by atoms with Crippen LogP contribution in [0.5, 0.6) is 0 Å². The maximum atomic E-state index is 10.7. The Morgan fingerprint density at radius 2 is 1.57 bits per heavy atom. The molecule has 2 heterocycles. The topological polar surface area (TPSA) is 56.2 Å². The monoisotopic (exact) mass is 328 g/mol. The normalized spacial score (nSPS) is 32.7. The summed E-state index contributed by atoms with van der Waals surface area (Å²) in [6, 6.07) is 0. The second-order valence-corrected chi connectivity index (χ2v) is 7.39. The molecule has 3 aliphatic rings. The zero-order valence-electron chi connectivity index (χ0n) is 15.2. The molecule has 1 saturated carbocycles. The second kappa shape index (κ2) is 8.77. The van der Waals surface area contributed by atoms with Crippen molar-refractivity contribution >= 4 is 0 Å². The molecule has 0 spiro atoms. The third kappa shape index (κ3) is 5.68. The Bertz CT molecular complexity index is 331. The molecule has 0 aromatic rings. The Morgan fingerprint density at radius 1 is 1.00 bits per heavy atom. The van der Waals surface area contributed by atoms with Crippen molar-refractivity contribution in [3.63, 3.8) is 0 Å². The van der Waals surface area contributed by atoms with Crippen LogP contribution >= 0.6 is 0 Å². The molecule has 136 valence electrons. The third-order valence-corrected chi connectivity index (χ3v) is 5.43. The highest BCUT2D eigenvalue weighted by atomic mass is 16.5.